The van der Waals surface area contributed by atoms with E-state index >= 15 is 0 Å². The summed E-state index contributed by atoms with van der Waals surface area (Å²) in [6.07, 6.45) is 14.5. The molecular formula is C13H22. The summed E-state index contributed by atoms with van der Waals surface area (Å²) in [5.41, 5.74) is 1.05. The first-order valence-corrected chi connectivity index (χ1v) is 4.49. The van der Waals surface area contributed by atoms with E-state index in [0.29, 0.717) is 0 Å². The van der Waals surface area contributed by atoms with Gasteiger partial charge >= 0.3 is 0 Å². The van der Waals surface area contributed by atoms with Crippen molar-refractivity contribution < 1.29 is 0 Å². The third-order valence-corrected chi connectivity index (χ3v) is 1.36. The highest BCUT2D eigenvalue weighted by atomic mass is 13.8. The summed E-state index contributed by atoms with van der Waals surface area (Å²) < 4.78 is 0. The van der Waals surface area contributed by atoms with Gasteiger partial charge in [0.15, 0.2) is 0 Å². The Morgan fingerprint density at radius 1 is 1.00 bits per heavy atom. The fourth-order valence-corrected chi connectivity index (χ4v) is 0.719. The number of rotatable bonds is 5. The van der Waals surface area contributed by atoms with Gasteiger partial charge in [0, 0.05) is 0 Å². The Bertz CT molecular complexity index is 192. The van der Waals surface area contributed by atoms with Gasteiger partial charge in [0.05, 0.1) is 0 Å². The number of hydrogen-bond donors (Lipinski definition) is 0. The van der Waals surface area contributed by atoms with Crippen LogP contribution in [0.25, 0.3) is 0 Å². The van der Waals surface area contributed by atoms with Crippen LogP contribution in [0.3, 0.4) is 0 Å². The van der Waals surface area contributed by atoms with Crippen molar-refractivity contribution in [3.05, 3.63) is 48.6 Å². The molecule has 0 aromatic rings. The van der Waals surface area contributed by atoms with Crippen LogP contribution in [0.1, 0.15) is 34.1 Å². The largest absolute Gasteiger partial charge is 0.0918 e. The summed E-state index contributed by atoms with van der Waals surface area (Å²) in [5, 5.41) is 0. The molecule has 0 saturated carbocycles. The molecule has 0 heterocycles. The predicted octanol–water partition coefficient (Wildman–Crippen LogP) is 4.67. The van der Waals surface area contributed by atoms with Crippen molar-refractivity contribution in [1.82, 2.24) is 0 Å². The summed E-state index contributed by atoms with van der Waals surface area (Å²) in [7, 11) is 0. The van der Waals surface area contributed by atoms with Gasteiger partial charge in [-0.3, -0.25) is 0 Å². The van der Waals surface area contributed by atoms with Crippen molar-refractivity contribution in [1.29, 1.82) is 0 Å². The fraction of sp³-hybridized carbons (Fsp3) is 0.385. The van der Waals surface area contributed by atoms with Gasteiger partial charge in [-0.2, -0.15) is 0 Å². The Balaban J connectivity index is 0. The van der Waals surface area contributed by atoms with E-state index in [0.717, 1.165) is 18.4 Å². The summed E-state index contributed by atoms with van der Waals surface area (Å²) in [5.74, 6) is 0. The molecular weight excluding hydrogens is 156 g/mol. The molecule has 0 fully saturated rings. The molecule has 0 bridgehead atoms. The van der Waals surface area contributed by atoms with Crippen LogP contribution in [0.5, 0.6) is 0 Å². The Hall–Kier alpha value is -1.04. The van der Waals surface area contributed by atoms with E-state index in [4.69, 9.17) is 0 Å². The highest BCUT2D eigenvalue weighted by Crippen LogP contribution is 1.96. The molecule has 0 amide bonds. The Labute approximate surface area is 83.4 Å². The lowest BCUT2D eigenvalue weighted by atomic mass is 10.2. The van der Waals surface area contributed by atoms with E-state index in [1.54, 1.807) is 0 Å². The van der Waals surface area contributed by atoms with Gasteiger partial charge in [-0.15, -0.1) is 0 Å². The van der Waals surface area contributed by atoms with E-state index in [9.17, 15) is 0 Å². The van der Waals surface area contributed by atoms with Crippen molar-refractivity contribution in [3.8, 4) is 0 Å². The van der Waals surface area contributed by atoms with E-state index in [-0.39, 0.29) is 7.43 Å². The summed E-state index contributed by atoms with van der Waals surface area (Å²) in [6.45, 7) is 8.12. The SMILES string of the molecule is C.C=C(/C=C\C=C/CC)/C=C\CC. The lowest BCUT2D eigenvalue weighted by molar-refractivity contribution is 1.22. The zero-order valence-electron chi connectivity index (χ0n) is 8.09. The molecule has 0 aliphatic rings. The van der Waals surface area contributed by atoms with E-state index in [1.165, 1.54) is 0 Å². The Morgan fingerprint density at radius 2 is 1.62 bits per heavy atom. The number of allylic oxidation sites excluding steroid dienone is 7. The first-order chi connectivity index (χ1) is 5.81. The van der Waals surface area contributed by atoms with Gasteiger partial charge in [-0.25, -0.2) is 0 Å². The molecule has 0 aromatic carbocycles. The van der Waals surface area contributed by atoms with Crippen molar-refractivity contribution in [2.75, 3.05) is 0 Å². The third-order valence-electron chi connectivity index (χ3n) is 1.36. The topological polar surface area (TPSA) is 0 Å². The van der Waals surface area contributed by atoms with Crippen LogP contribution < -0.4 is 0 Å². The molecule has 0 radical (unpaired) electrons. The van der Waals surface area contributed by atoms with E-state index < -0.39 is 0 Å². The van der Waals surface area contributed by atoms with Gasteiger partial charge in [0.1, 0.15) is 0 Å². The molecule has 0 heteroatoms. The lowest BCUT2D eigenvalue weighted by Gasteiger charge is -1.86. The highest BCUT2D eigenvalue weighted by molar-refractivity contribution is 5.29. The molecule has 0 aliphatic carbocycles. The molecule has 0 saturated heterocycles. The van der Waals surface area contributed by atoms with E-state index in [1.807, 2.05) is 24.3 Å². The van der Waals surface area contributed by atoms with Crippen LogP contribution in [0.4, 0.5) is 0 Å². The predicted molar refractivity (Wildman–Crippen MR) is 63.9 cm³/mol. The van der Waals surface area contributed by atoms with Crippen LogP contribution in [0.2, 0.25) is 0 Å². The minimum Gasteiger partial charge on any atom is -0.0918 e. The molecule has 0 N–H and O–H groups in total. The average molecular weight is 178 g/mol. The molecule has 0 atom stereocenters. The Morgan fingerprint density at radius 3 is 2.15 bits per heavy atom. The zero-order chi connectivity index (χ0) is 9.23. The number of hydrogen-bond acceptors (Lipinski definition) is 0. The van der Waals surface area contributed by atoms with Crippen molar-refractivity contribution in [2.45, 2.75) is 34.1 Å². The lowest BCUT2D eigenvalue weighted by Crippen LogP contribution is -1.65. The molecule has 0 unspecified atom stereocenters. The summed E-state index contributed by atoms with van der Waals surface area (Å²) in [6, 6.07) is 0. The average Bonchev–Trinajstić information content (AvgIpc) is 2.09. The van der Waals surface area contributed by atoms with Crippen molar-refractivity contribution in [2.24, 2.45) is 0 Å². The van der Waals surface area contributed by atoms with Crippen LogP contribution in [-0.2, 0) is 0 Å². The standard InChI is InChI=1S/C12H18.CH4/c1-4-6-8-9-11-12(3)10-7-5-2;/h6-11H,3-5H2,1-2H3;1H4/b8-6-,10-7-,11-9-;. The minimum absolute atomic E-state index is 0. The van der Waals surface area contributed by atoms with E-state index in [2.05, 4.69) is 32.6 Å². The van der Waals surface area contributed by atoms with Crippen LogP contribution in [-0.4, -0.2) is 0 Å². The second kappa shape index (κ2) is 11.0. The maximum atomic E-state index is 3.88. The van der Waals surface area contributed by atoms with Crippen LogP contribution in [0, 0.1) is 0 Å². The van der Waals surface area contributed by atoms with Gasteiger partial charge in [-0.05, 0) is 18.4 Å². The Kier molecular flexibility index (Phi) is 12.2. The monoisotopic (exact) mass is 178 g/mol. The highest BCUT2D eigenvalue weighted by Gasteiger charge is 1.75. The second-order valence-corrected chi connectivity index (χ2v) is 2.58. The first-order valence-electron chi connectivity index (χ1n) is 4.49. The molecule has 0 spiro atoms. The van der Waals surface area contributed by atoms with Gasteiger partial charge in [0.2, 0.25) is 0 Å². The van der Waals surface area contributed by atoms with Crippen LogP contribution >= 0.6 is 0 Å². The molecule has 0 aromatic heterocycles. The second-order valence-electron chi connectivity index (χ2n) is 2.58. The summed E-state index contributed by atoms with van der Waals surface area (Å²) in [4.78, 5) is 0. The van der Waals surface area contributed by atoms with Gasteiger partial charge < -0.3 is 0 Å². The van der Waals surface area contributed by atoms with Gasteiger partial charge in [0.25, 0.3) is 0 Å². The molecule has 0 aliphatic heterocycles. The molecule has 0 rings (SSSR count). The molecule has 0 nitrogen and oxygen atoms in total. The van der Waals surface area contributed by atoms with Crippen LogP contribution in [0.15, 0.2) is 48.6 Å². The maximum Gasteiger partial charge on any atom is -0.0332 e. The van der Waals surface area contributed by atoms with Gasteiger partial charge in [-0.1, -0.05) is 64.3 Å². The molecule has 74 valence electrons. The maximum absolute atomic E-state index is 3.88. The fourth-order valence-electron chi connectivity index (χ4n) is 0.719. The molecule has 13 heavy (non-hydrogen) atoms. The van der Waals surface area contributed by atoms with Crippen molar-refractivity contribution >= 4 is 0 Å². The smallest absolute Gasteiger partial charge is 0.0332 e. The quantitative estimate of drug-likeness (QED) is 0.537. The van der Waals surface area contributed by atoms with Crippen molar-refractivity contribution in [3.63, 3.8) is 0 Å². The zero-order valence-corrected chi connectivity index (χ0v) is 8.09. The normalized spacial score (nSPS) is 11.2. The first kappa shape index (κ1) is 14.5. The third kappa shape index (κ3) is 11.0. The summed E-state index contributed by atoms with van der Waals surface area (Å²) >= 11 is 0. The minimum atomic E-state index is 0.